The Morgan fingerprint density at radius 2 is 1.82 bits per heavy atom. The van der Waals surface area contributed by atoms with Crippen LogP contribution in [0.1, 0.15) is 26.4 Å². The summed E-state index contributed by atoms with van der Waals surface area (Å²) in [7, 11) is 0. The first-order valence-corrected chi connectivity index (χ1v) is 8.52. The van der Waals surface area contributed by atoms with Crippen LogP contribution in [0.4, 0.5) is 15.8 Å². The molecule has 1 N–H and O–H groups in total. The minimum absolute atomic E-state index is 0.0986. The van der Waals surface area contributed by atoms with Crippen LogP contribution in [0.2, 0.25) is 0 Å². The number of amides is 3. The number of imide groups is 1. The molecule has 0 fully saturated rings. The number of pyridine rings is 1. The van der Waals surface area contributed by atoms with E-state index < -0.39 is 23.5 Å². The SMILES string of the molecule is O=C(Cc1ccccc1F)Nc1cccc(N2C(=O)c3cccnc3C2=O)c1. The highest BCUT2D eigenvalue weighted by molar-refractivity contribution is 6.33. The Bertz CT molecular complexity index is 1080. The standard InChI is InChI=1S/C21H14FN3O3/c22-17-9-2-1-5-13(17)11-18(26)24-14-6-3-7-15(12-14)25-20(27)16-8-4-10-23-19(16)21(25)28/h1-10,12H,11H2,(H,24,26). The van der Waals surface area contributed by atoms with Gasteiger partial charge >= 0.3 is 0 Å². The third-order valence-electron chi connectivity index (χ3n) is 4.34. The molecule has 2 aromatic carbocycles. The molecule has 0 bridgehead atoms. The first-order valence-electron chi connectivity index (χ1n) is 8.52. The summed E-state index contributed by atoms with van der Waals surface area (Å²) >= 11 is 0. The fourth-order valence-corrected chi connectivity index (χ4v) is 3.04. The number of carbonyl (C=O) groups excluding carboxylic acids is 3. The zero-order valence-electron chi connectivity index (χ0n) is 14.6. The third kappa shape index (κ3) is 3.14. The summed E-state index contributed by atoms with van der Waals surface area (Å²) in [6.07, 6.45) is 1.32. The number of aromatic nitrogens is 1. The van der Waals surface area contributed by atoms with Gasteiger partial charge in [0.25, 0.3) is 11.8 Å². The molecule has 0 saturated heterocycles. The van der Waals surface area contributed by atoms with Gasteiger partial charge in [0.05, 0.1) is 17.7 Å². The fourth-order valence-electron chi connectivity index (χ4n) is 3.04. The van der Waals surface area contributed by atoms with Crippen molar-refractivity contribution in [2.75, 3.05) is 10.2 Å². The summed E-state index contributed by atoms with van der Waals surface area (Å²) in [5.74, 6) is -1.85. The van der Waals surface area contributed by atoms with E-state index in [1.807, 2.05) is 0 Å². The topological polar surface area (TPSA) is 79.4 Å². The molecule has 138 valence electrons. The number of nitrogens with zero attached hydrogens (tertiary/aromatic N) is 2. The predicted molar refractivity (Wildman–Crippen MR) is 101 cm³/mol. The van der Waals surface area contributed by atoms with Gasteiger partial charge in [-0.3, -0.25) is 19.4 Å². The second-order valence-electron chi connectivity index (χ2n) is 6.21. The van der Waals surface area contributed by atoms with Gasteiger partial charge in [-0.25, -0.2) is 9.29 Å². The second kappa shape index (κ2) is 7.03. The number of anilines is 2. The Balaban J connectivity index is 1.54. The van der Waals surface area contributed by atoms with Crippen molar-refractivity contribution in [2.24, 2.45) is 0 Å². The summed E-state index contributed by atoms with van der Waals surface area (Å²) in [5, 5.41) is 2.66. The first-order chi connectivity index (χ1) is 13.5. The molecular formula is C21H14FN3O3. The molecule has 7 heteroatoms. The van der Waals surface area contributed by atoms with Crippen molar-refractivity contribution in [3.8, 4) is 0 Å². The van der Waals surface area contributed by atoms with E-state index in [1.54, 1.807) is 42.5 Å². The van der Waals surface area contributed by atoms with E-state index in [0.717, 1.165) is 4.90 Å². The van der Waals surface area contributed by atoms with Crippen LogP contribution < -0.4 is 10.2 Å². The summed E-state index contributed by atoms with van der Waals surface area (Å²) in [5.41, 5.74) is 1.32. The molecule has 3 aromatic rings. The highest BCUT2D eigenvalue weighted by Crippen LogP contribution is 2.28. The number of halogens is 1. The first kappa shape index (κ1) is 17.5. The van der Waals surface area contributed by atoms with E-state index in [2.05, 4.69) is 10.3 Å². The average molecular weight is 375 g/mol. The van der Waals surface area contributed by atoms with Gasteiger partial charge < -0.3 is 5.32 Å². The lowest BCUT2D eigenvalue weighted by atomic mass is 10.1. The van der Waals surface area contributed by atoms with Gasteiger partial charge in [-0.05, 0) is 42.0 Å². The second-order valence-corrected chi connectivity index (χ2v) is 6.21. The Kier molecular flexibility index (Phi) is 4.41. The molecule has 0 atom stereocenters. The quantitative estimate of drug-likeness (QED) is 0.710. The van der Waals surface area contributed by atoms with E-state index in [4.69, 9.17) is 0 Å². The third-order valence-corrected chi connectivity index (χ3v) is 4.34. The predicted octanol–water partition coefficient (Wildman–Crippen LogP) is 3.20. The molecular weight excluding hydrogens is 361 g/mol. The molecule has 1 aliphatic rings. The van der Waals surface area contributed by atoms with Gasteiger partial charge in [0.15, 0.2) is 0 Å². The zero-order chi connectivity index (χ0) is 19.7. The van der Waals surface area contributed by atoms with E-state index >= 15 is 0 Å². The minimum Gasteiger partial charge on any atom is -0.326 e. The van der Waals surface area contributed by atoms with Crippen molar-refractivity contribution in [1.29, 1.82) is 0 Å². The van der Waals surface area contributed by atoms with Gasteiger partial charge in [-0.1, -0.05) is 24.3 Å². The lowest BCUT2D eigenvalue weighted by Gasteiger charge is -2.15. The maximum absolute atomic E-state index is 13.7. The maximum Gasteiger partial charge on any atom is 0.284 e. The molecule has 0 aliphatic carbocycles. The van der Waals surface area contributed by atoms with Crippen molar-refractivity contribution >= 4 is 29.1 Å². The molecule has 4 rings (SSSR count). The molecule has 1 aromatic heterocycles. The fraction of sp³-hybridized carbons (Fsp3) is 0.0476. The number of hydrogen-bond acceptors (Lipinski definition) is 4. The summed E-state index contributed by atoms with van der Waals surface area (Å²) < 4.78 is 13.7. The van der Waals surface area contributed by atoms with E-state index in [-0.39, 0.29) is 23.2 Å². The van der Waals surface area contributed by atoms with Crippen molar-refractivity contribution in [1.82, 2.24) is 4.98 Å². The van der Waals surface area contributed by atoms with Crippen molar-refractivity contribution < 1.29 is 18.8 Å². The zero-order valence-corrected chi connectivity index (χ0v) is 14.6. The van der Waals surface area contributed by atoms with Crippen molar-refractivity contribution in [3.05, 3.63) is 89.5 Å². The molecule has 2 heterocycles. The summed E-state index contributed by atoms with van der Waals surface area (Å²) in [4.78, 5) is 42.3. The summed E-state index contributed by atoms with van der Waals surface area (Å²) in [6.45, 7) is 0. The van der Waals surface area contributed by atoms with Crippen LogP contribution in [0.3, 0.4) is 0 Å². The lowest BCUT2D eigenvalue weighted by molar-refractivity contribution is -0.115. The summed E-state index contributed by atoms with van der Waals surface area (Å²) in [6, 6.07) is 15.5. The molecule has 0 unspecified atom stereocenters. The van der Waals surface area contributed by atoms with Crippen molar-refractivity contribution in [2.45, 2.75) is 6.42 Å². The van der Waals surface area contributed by atoms with Crippen LogP contribution in [-0.2, 0) is 11.2 Å². The number of hydrogen-bond donors (Lipinski definition) is 1. The average Bonchev–Trinajstić information content (AvgIpc) is 2.95. The maximum atomic E-state index is 13.7. The smallest absolute Gasteiger partial charge is 0.284 e. The molecule has 0 radical (unpaired) electrons. The number of carbonyl (C=O) groups is 3. The van der Waals surface area contributed by atoms with Crippen LogP contribution >= 0.6 is 0 Å². The highest BCUT2D eigenvalue weighted by Gasteiger charge is 2.37. The molecule has 3 amide bonds. The molecule has 0 saturated carbocycles. The number of rotatable bonds is 4. The normalized spacial score (nSPS) is 12.8. The van der Waals surface area contributed by atoms with Gasteiger partial charge in [-0.2, -0.15) is 0 Å². The van der Waals surface area contributed by atoms with Gasteiger partial charge in [0.1, 0.15) is 11.5 Å². The van der Waals surface area contributed by atoms with Crippen LogP contribution in [0.5, 0.6) is 0 Å². The Morgan fingerprint density at radius 3 is 2.61 bits per heavy atom. The largest absolute Gasteiger partial charge is 0.326 e. The minimum atomic E-state index is -0.518. The Morgan fingerprint density at radius 1 is 1.00 bits per heavy atom. The van der Waals surface area contributed by atoms with Crippen LogP contribution in [-0.4, -0.2) is 22.7 Å². The Labute approximate surface area is 159 Å². The Hall–Kier alpha value is -3.87. The van der Waals surface area contributed by atoms with E-state index in [0.29, 0.717) is 11.4 Å². The van der Waals surface area contributed by atoms with E-state index in [9.17, 15) is 18.8 Å². The number of benzene rings is 2. The molecule has 1 aliphatic heterocycles. The van der Waals surface area contributed by atoms with Gasteiger partial charge in [0, 0.05) is 11.9 Å². The van der Waals surface area contributed by atoms with Crippen LogP contribution in [0.25, 0.3) is 0 Å². The van der Waals surface area contributed by atoms with E-state index in [1.165, 1.54) is 24.4 Å². The molecule has 6 nitrogen and oxygen atoms in total. The van der Waals surface area contributed by atoms with Crippen LogP contribution in [0.15, 0.2) is 66.9 Å². The lowest BCUT2D eigenvalue weighted by Crippen LogP contribution is -2.29. The monoisotopic (exact) mass is 375 g/mol. The highest BCUT2D eigenvalue weighted by atomic mass is 19.1. The number of fused-ring (bicyclic) bond motifs is 1. The van der Waals surface area contributed by atoms with Crippen LogP contribution in [0, 0.1) is 5.82 Å². The van der Waals surface area contributed by atoms with Crippen molar-refractivity contribution in [3.63, 3.8) is 0 Å². The molecule has 28 heavy (non-hydrogen) atoms. The van der Waals surface area contributed by atoms with Gasteiger partial charge in [-0.15, -0.1) is 0 Å². The number of nitrogens with one attached hydrogen (secondary N) is 1. The van der Waals surface area contributed by atoms with Gasteiger partial charge in [0.2, 0.25) is 5.91 Å². The molecule has 0 spiro atoms.